The number of hydrogen-bond donors (Lipinski definition) is 0. The molecule has 0 N–H and O–H groups in total. The number of fused-ring (bicyclic) bond motifs is 12. The van der Waals surface area contributed by atoms with Gasteiger partial charge in [0.2, 0.25) is 0 Å². The quantitative estimate of drug-likeness (QED) is 0.109. The minimum atomic E-state index is 0.459. The van der Waals surface area contributed by atoms with Gasteiger partial charge >= 0.3 is 0 Å². The van der Waals surface area contributed by atoms with E-state index in [9.17, 15) is 0 Å². The molecule has 8 heteroatoms. The van der Waals surface area contributed by atoms with Gasteiger partial charge in [-0.05, 0) is 300 Å². The Balaban J connectivity index is 0.000000119. The lowest BCUT2D eigenvalue weighted by Gasteiger charge is -2.21. The molecule has 0 unspecified atom stereocenters. The van der Waals surface area contributed by atoms with E-state index in [0.717, 1.165) is 0 Å². The lowest BCUT2D eigenvalue weighted by Crippen LogP contribution is -2.34. The van der Waals surface area contributed by atoms with Crippen LogP contribution in [0.25, 0.3) is 155 Å². The zero-order valence-electron chi connectivity index (χ0n) is 77.8. The molecule has 8 aromatic heterocycles. The predicted octanol–water partition coefficient (Wildman–Crippen LogP) is 28.7. The van der Waals surface area contributed by atoms with Crippen molar-refractivity contribution in [3.8, 4) is 67.8 Å². The topological polar surface area (TPSA) is 35.2 Å². The smallest absolute Gasteiger partial charge is 0.237 e. The zero-order chi connectivity index (χ0) is 88.5. The van der Waals surface area contributed by atoms with Gasteiger partial charge in [-0.1, -0.05) is 225 Å². The second-order valence-electron chi connectivity index (χ2n) is 36.5. The highest BCUT2D eigenvalue weighted by molar-refractivity contribution is 6.13. The summed E-state index contributed by atoms with van der Waals surface area (Å²) in [6.07, 6.45) is 8.94. The van der Waals surface area contributed by atoms with Crippen molar-refractivity contribution in [3.63, 3.8) is 0 Å². The molecule has 126 heavy (non-hydrogen) atoms. The zero-order valence-corrected chi connectivity index (χ0v) is 77.8. The molecule has 0 aliphatic carbocycles. The Morgan fingerprint density at radius 2 is 0.444 bits per heavy atom. The molecule has 0 fully saturated rings. The maximum atomic E-state index is 2.45. The van der Waals surface area contributed by atoms with Gasteiger partial charge in [-0.3, -0.25) is 0 Å². The van der Waals surface area contributed by atoms with Gasteiger partial charge in [0.05, 0.1) is 53.0 Å². The largest absolute Gasteiger partial charge is 0.287 e. The lowest BCUT2D eigenvalue weighted by molar-refractivity contribution is -0.665. The number of para-hydroxylation sites is 8. The maximum absolute atomic E-state index is 2.45. The fourth-order valence-corrected chi connectivity index (χ4v) is 20.4. The Hall–Kier alpha value is -13.6. The fourth-order valence-electron chi connectivity index (χ4n) is 20.4. The number of rotatable bonds is 12. The van der Waals surface area contributed by atoms with Crippen LogP contribution in [-0.2, 0) is 28.2 Å². The number of benzene rings is 12. The molecular weight excluding hydrogens is 1530 g/mol. The molecule has 12 aromatic carbocycles. The summed E-state index contributed by atoms with van der Waals surface area (Å²) in [7, 11) is 8.59. The Bertz CT molecular complexity index is 7560. The van der Waals surface area contributed by atoms with Gasteiger partial charge in [0.15, 0.2) is 0 Å². The van der Waals surface area contributed by atoms with Gasteiger partial charge in [-0.25, -0.2) is 18.3 Å². The summed E-state index contributed by atoms with van der Waals surface area (Å²) in [4.78, 5) is 0. The van der Waals surface area contributed by atoms with Crippen molar-refractivity contribution in [2.45, 2.75) is 148 Å². The van der Waals surface area contributed by atoms with Crippen LogP contribution in [0.1, 0.15) is 157 Å². The first-order chi connectivity index (χ1) is 60.7. The first-order valence-electron chi connectivity index (χ1n) is 45.1. The normalized spacial score (nSPS) is 11.7. The van der Waals surface area contributed by atoms with Crippen LogP contribution in [0.5, 0.6) is 0 Å². The summed E-state index contributed by atoms with van der Waals surface area (Å²) in [6, 6.07) is 102. The number of aromatic nitrogens is 8. The van der Waals surface area contributed by atoms with Crippen LogP contribution >= 0.6 is 0 Å². The maximum Gasteiger partial charge on any atom is 0.287 e. The van der Waals surface area contributed by atoms with Crippen molar-refractivity contribution in [2.75, 3.05) is 0 Å². The van der Waals surface area contributed by atoms with Gasteiger partial charge < -0.3 is 0 Å². The molecule has 0 aliphatic rings. The molecular formula is C118H120N8+4. The summed E-state index contributed by atoms with van der Waals surface area (Å²) in [5.41, 5.74) is 39.4. The summed E-state index contributed by atoms with van der Waals surface area (Å²) in [5.74, 6) is 6.57. The standard InChI is InChI=1S/C32H35N2.C31H33N2.C28H27N2.C27H25N2/c1-20(2)24-14-11-15-25(21(3)4)31(24)28-18-30(33(7)19-23(28)6)34-29-17-9-8-13-26(29)27-16-10-12-22(5)32(27)34;1-20(2)24-13-10-14-25(21(3)4)30(24)23-17-18-32(6)29(19-23)33-28-16-8-7-12-26(28)27-15-9-11-22(5)31(27)33;1-18-10-8-11-19(2)27(18)24-16-26(29(5)17-21(24)4)30-25-15-7-6-13-22(25)23-14-9-12-20(3)28(23)30;1-18-9-7-10-19(2)26(18)21-15-16-28(4)25(17-21)29-24-14-6-5-12-22(24)23-13-8-11-20(3)27(23)29/h8-21H,1-7H3;7-21H,1-6H3;6-17H,1-5H3;5-17H,1-4H3/q4*+1. The van der Waals surface area contributed by atoms with E-state index >= 15 is 0 Å². The Kier molecular flexibility index (Phi) is 23.2. The fraction of sp³-hybridized carbons (Fsp3) is 0.220. The highest BCUT2D eigenvalue weighted by Crippen LogP contribution is 2.44. The van der Waals surface area contributed by atoms with E-state index in [1.165, 1.54) is 233 Å². The Morgan fingerprint density at radius 1 is 0.206 bits per heavy atom. The monoisotopic (exact) mass is 1650 g/mol. The van der Waals surface area contributed by atoms with Gasteiger partial charge in [-0.2, -0.15) is 18.3 Å². The van der Waals surface area contributed by atoms with Crippen LogP contribution in [0.15, 0.2) is 304 Å². The predicted molar refractivity (Wildman–Crippen MR) is 533 cm³/mol. The minimum Gasteiger partial charge on any atom is -0.237 e. The molecule has 628 valence electrons. The van der Waals surface area contributed by atoms with E-state index in [0.29, 0.717) is 23.7 Å². The third-order valence-corrected chi connectivity index (χ3v) is 26.5. The Labute approximate surface area is 744 Å². The molecule has 8 heterocycles. The molecule has 0 aliphatic heterocycles. The number of hydrogen-bond acceptors (Lipinski definition) is 0. The number of nitrogens with zero attached hydrogens (tertiary/aromatic N) is 8. The molecule has 20 rings (SSSR count). The molecule has 0 saturated heterocycles. The molecule has 0 radical (unpaired) electrons. The summed E-state index contributed by atoms with van der Waals surface area (Å²) < 4.78 is 18.7. The summed E-state index contributed by atoms with van der Waals surface area (Å²) in [6.45, 7) is 40.5. The number of aryl methyl sites for hydroxylation is 14. The van der Waals surface area contributed by atoms with Crippen molar-refractivity contribution >= 4 is 87.2 Å². The molecule has 0 spiro atoms. The second kappa shape index (κ2) is 34.5. The van der Waals surface area contributed by atoms with Crippen LogP contribution in [0.3, 0.4) is 0 Å². The molecule has 0 atom stereocenters. The van der Waals surface area contributed by atoms with Crippen LogP contribution in [-0.4, -0.2) is 18.3 Å². The molecule has 0 saturated carbocycles. The highest BCUT2D eigenvalue weighted by atomic mass is 15.2. The van der Waals surface area contributed by atoms with E-state index in [1.807, 2.05) is 0 Å². The molecule has 20 aromatic rings. The molecule has 8 nitrogen and oxygen atoms in total. The van der Waals surface area contributed by atoms with Crippen LogP contribution < -0.4 is 18.3 Å². The second-order valence-corrected chi connectivity index (χ2v) is 36.5. The first kappa shape index (κ1) is 84.6. The third kappa shape index (κ3) is 15.1. The van der Waals surface area contributed by atoms with Gasteiger partial charge in [-0.15, -0.1) is 0 Å². The van der Waals surface area contributed by atoms with Crippen molar-refractivity contribution in [3.05, 3.63) is 382 Å². The summed E-state index contributed by atoms with van der Waals surface area (Å²) >= 11 is 0. The van der Waals surface area contributed by atoms with Gasteiger partial charge in [0.1, 0.15) is 44.1 Å². The van der Waals surface area contributed by atoms with Crippen molar-refractivity contribution < 1.29 is 18.3 Å². The van der Waals surface area contributed by atoms with E-state index < -0.39 is 0 Å². The van der Waals surface area contributed by atoms with Crippen LogP contribution in [0.4, 0.5) is 0 Å². The van der Waals surface area contributed by atoms with E-state index in [4.69, 9.17) is 0 Å². The van der Waals surface area contributed by atoms with Crippen molar-refractivity contribution in [2.24, 2.45) is 28.2 Å². The van der Waals surface area contributed by atoms with Crippen molar-refractivity contribution in [1.29, 1.82) is 0 Å². The molecule has 0 amide bonds. The average molecular weight is 1650 g/mol. The SMILES string of the molecule is Cc1c[n+](C)c(-n2c3ccccc3c3cccc(C)c32)cc1-c1c(C(C)C)cccc1C(C)C.Cc1c[n+](C)c(-n2c3ccccc3c3cccc(C)c32)cc1-c1c(C)cccc1C.Cc1cccc(C)c1-c1cc[n+](C)c(-n2c3ccccc3c3cccc(C)c32)c1.Cc1cccc2c3ccccc3n(-c3cc(-c4c(C(C)C)cccc4C(C)C)cc[n+]3C)c12. The first-order valence-corrected chi connectivity index (χ1v) is 45.1. The van der Waals surface area contributed by atoms with E-state index in [-0.39, 0.29) is 0 Å². The van der Waals surface area contributed by atoms with E-state index in [1.54, 1.807) is 0 Å². The van der Waals surface area contributed by atoms with Gasteiger partial charge in [0.25, 0.3) is 23.3 Å². The average Bonchev–Trinajstić information content (AvgIpc) is 1.60. The summed E-state index contributed by atoms with van der Waals surface area (Å²) in [5, 5.41) is 10.4. The highest BCUT2D eigenvalue weighted by Gasteiger charge is 2.31. The Morgan fingerprint density at radius 3 is 0.754 bits per heavy atom. The van der Waals surface area contributed by atoms with Gasteiger partial charge in [0, 0.05) is 67.4 Å². The van der Waals surface area contributed by atoms with Crippen LogP contribution in [0, 0.1) is 69.2 Å². The van der Waals surface area contributed by atoms with Crippen molar-refractivity contribution in [1.82, 2.24) is 18.3 Å². The van der Waals surface area contributed by atoms with E-state index in [2.05, 4.69) is 493 Å². The van der Waals surface area contributed by atoms with Crippen LogP contribution in [0.2, 0.25) is 0 Å². The lowest BCUT2D eigenvalue weighted by atomic mass is 9.84. The number of pyridine rings is 4. The minimum absolute atomic E-state index is 0.459. The third-order valence-electron chi connectivity index (χ3n) is 26.5. The molecule has 0 bridgehead atoms.